The molecular formula is C12H26N3O2PS2. The lowest BCUT2D eigenvalue weighted by Gasteiger charge is -2.32. The minimum Gasteiger partial charge on any atom is -0.344 e. The van der Waals surface area contributed by atoms with E-state index in [-0.39, 0.29) is 0 Å². The Balaban J connectivity index is 3.11. The van der Waals surface area contributed by atoms with Gasteiger partial charge in [-0.25, -0.2) is 0 Å². The lowest BCUT2D eigenvalue weighted by molar-refractivity contribution is 0.0983. The first-order valence-electron chi connectivity index (χ1n) is 6.58. The molecular weight excluding hydrogens is 313 g/mol. The molecule has 1 aliphatic rings. The second-order valence-corrected chi connectivity index (χ2v) is 10.4. The number of nitrogens with zero attached hydrogens (tertiary/aromatic N) is 3. The third-order valence-corrected chi connectivity index (χ3v) is 5.21. The Hall–Kier alpha value is 0.190. The fraction of sp³-hybridized carbons (Fsp3) is 0.917. The molecule has 0 bridgehead atoms. The topological polar surface area (TPSA) is 37.3 Å². The molecule has 1 fully saturated rings. The van der Waals surface area contributed by atoms with Gasteiger partial charge in [-0.15, -0.1) is 12.6 Å². The molecule has 8 heteroatoms. The van der Waals surface area contributed by atoms with Crippen molar-refractivity contribution in [3.63, 3.8) is 0 Å². The van der Waals surface area contributed by atoms with Gasteiger partial charge in [0.15, 0.2) is 0 Å². The van der Waals surface area contributed by atoms with Crippen molar-refractivity contribution in [2.24, 2.45) is 4.76 Å². The maximum absolute atomic E-state index is 5.97. The number of rotatable bonds is 4. The van der Waals surface area contributed by atoms with Crippen LogP contribution in [-0.4, -0.2) is 53.5 Å². The van der Waals surface area contributed by atoms with E-state index < -0.39 is 17.2 Å². The Bertz CT molecular complexity index is 397. The van der Waals surface area contributed by atoms with Gasteiger partial charge in [0.05, 0.1) is 5.60 Å². The first-order valence-corrected chi connectivity index (χ1v) is 9.62. The summed E-state index contributed by atoms with van der Waals surface area (Å²) in [4.78, 5) is 3.42. The van der Waals surface area contributed by atoms with Crippen LogP contribution in [0.4, 0.5) is 0 Å². The summed E-state index contributed by atoms with van der Waals surface area (Å²) in [6.45, 7) is 8.54. The minimum atomic E-state index is -2.82. The molecule has 0 amide bonds. The highest BCUT2D eigenvalue weighted by Crippen LogP contribution is 2.57. The van der Waals surface area contributed by atoms with Crippen LogP contribution >= 0.6 is 19.3 Å². The Morgan fingerprint density at radius 2 is 1.55 bits per heavy atom. The van der Waals surface area contributed by atoms with Crippen LogP contribution in [-0.2, 0) is 20.9 Å². The maximum Gasteiger partial charge on any atom is 0.314 e. The van der Waals surface area contributed by atoms with Gasteiger partial charge in [-0.3, -0.25) is 4.52 Å². The van der Waals surface area contributed by atoms with Crippen molar-refractivity contribution in [3.8, 4) is 0 Å². The van der Waals surface area contributed by atoms with Gasteiger partial charge in [0.2, 0.25) is 5.96 Å². The lowest BCUT2D eigenvalue weighted by atomic mass is 10.2. The second kappa shape index (κ2) is 6.13. The summed E-state index contributed by atoms with van der Waals surface area (Å²) in [6.07, 6.45) is 0. The Labute approximate surface area is 133 Å². The van der Waals surface area contributed by atoms with Crippen molar-refractivity contribution >= 4 is 37.0 Å². The summed E-state index contributed by atoms with van der Waals surface area (Å²) in [6, 6.07) is 0. The molecule has 1 heterocycles. The molecule has 1 rings (SSSR count). The Morgan fingerprint density at radius 1 is 1.10 bits per heavy atom. The number of guanidine groups is 1. The van der Waals surface area contributed by atoms with Crippen LogP contribution in [0.5, 0.6) is 0 Å². The van der Waals surface area contributed by atoms with Gasteiger partial charge in [-0.05, 0) is 46.4 Å². The number of hydrogen-bond donors (Lipinski definition) is 1. The number of hydrogen-bond acceptors (Lipinski definition) is 4. The highest BCUT2D eigenvalue weighted by molar-refractivity contribution is 8.09. The van der Waals surface area contributed by atoms with E-state index in [2.05, 4.69) is 27.2 Å². The molecule has 0 N–H and O–H groups in total. The first-order chi connectivity index (χ1) is 8.81. The van der Waals surface area contributed by atoms with Crippen LogP contribution in [0.3, 0.4) is 0 Å². The predicted molar refractivity (Wildman–Crippen MR) is 92.0 cm³/mol. The molecule has 1 saturated heterocycles. The van der Waals surface area contributed by atoms with Gasteiger partial charge >= 0.3 is 6.64 Å². The predicted octanol–water partition coefficient (Wildman–Crippen LogP) is 2.94. The van der Waals surface area contributed by atoms with Crippen LogP contribution in [0.25, 0.3) is 0 Å². The SMILES string of the molecule is CN1CCN(C)C1=N[P@@](=S)(OC(C)(C)C)OC(C)(C)S. The summed E-state index contributed by atoms with van der Waals surface area (Å²) in [5.41, 5.74) is -0.422. The van der Waals surface area contributed by atoms with E-state index in [1.165, 1.54) is 0 Å². The van der Waals surface area contributed by atoms with Crippen LogP contribution in [0.2, 0.25) is 0 Å². The minimum absolute atomic E-state index is 0.422. The molecule has 5 nitrogen and oxygen atoms in total. The van der Waals surface area contributed by atoms with Crippen molar-refractivity contribution in [3.05, 3.63) is 0 Å². The van der Waals surface area contributed by atoms with Crippen LogP contribution in [0, 0.1) is 0 Å². The van der Waals surface area contributed by atoms with Crippen molar-refractivity contribution in [1.29, 1.82) is 0 Å². The maximum atomic E-state index is 5.97. The molecule has 0 spiro atoms. The zero-order chi connectivity index (χ0) is 15.8. The zero-order valence-corrected chi connectivity index (χ0v) is 16.0. The highest BCUT2D eigenvalue weighted by Gasteiger charge is 2.34. The van der Waals surface area contributed by atoms with E-state index in [4.69, 9.17) is 20.9 Å². The van der Waals surface area contributed by atoms with E-state index in [0.29, 0.717) is 0 Å². The summed E-state index contributed by atoms with van der Waals surface area (Å²) in [5, 5.41) is 0. The van der Waals surface area contributed by atoms with Crippen molar-refractivity contribution < 1.29 is 9.05 Å². The van der Waals surface area contributed by atoms with Gasteiger partial charge in [0.25, 0.3) is 0 Å². The molecule has 1 atom stereocenters. The lowest BCUT2D eigenvalue weighted by Crippen LogP contribution is -2.29. The summed E-state index contributed by atoms with van der Waals surface area (Å²) >= 11 is 10.0. The monoisotopic (exact) mass is 339 g/mol. The molecule has 20 heavy (non-hydrogen) atoms. The van der Waals surface area contributed by atoms with Crippen molar-refractivity contribution in [2.45, 2.75) is 45.2 Å². The molecule has 0 unspecified atom stereocenters. The van der Waals surface area contributed by atoms with Crippen LogP contribution in [0.15, 0.2) is 4.76 Å². The quantitative estimate of drug-likeness (QED) is 0.484. The molecule has 0 aromatic rings. The summed E-state index contributed by atoms with van der Waals surface area (Å²) in [7, 11) is 3.98. The number of likely N-dealkylation sites (N-methyl/N-ethyl adjacent to an activating group) is 2. The van der Waals surface area contributed by atoms with Crippen molar-refractivity contribution in [1.82, 2.24) is 9.80 Å². The van der Waals surface area contributed by atoms with E-state index in [1.807, 2.05) is 48.7 Å². The average Bonchev–Trinajstić information content (AvgIpc) is 2.42. The molecule has 0 saturated carbocycles. The van der Waals surface area contributed by atoms with Crippen LogP contribution in [0.1, 0.15) is 34.6 Å². The summed E-state index contributed by atoms with van der Waals surface area (Å²) in [5.74, 6) is 0.815. The fourth-order valence-electron chi connectivity index (χ4n) is 1.74. The molecule has 0 radical (unpaired) electrons. The highest BCUT2D eigenvalue weighted by atomic mass is 32.5. The van der Waals surface area contributed by atoms with E-state index in [0.717, 1.165) is 19.0 Å². The molecule has 118 valence electrons. The fourth-order valence-corrected chi connectivity index (χ4v) is 5.59. The van der Waals surface area contributed by atoms with Gasteiger partial charge < -0.3 is 14.3 Å². The van der Waals surface area contributed by atoms with Crippen molar-refractivity contribution in [2.75, 3.05) is 27.2 Å². The largest absolute Gasteiger partial charge is 0.344 e. The molecule has 0 aromatic heterocycles. The van der Waals surface area contributed by atoms with Crippen LogP contribution < -0.4 is 0 Å². The normalized spacial score (nSPS) is 20.3. The first kappa shape index (κ1) is 18.2. The van der Waals surface area contributed by atoms with Gasteiger partial charge in [0.1, 0.15) is 4.93 Å². The smallest absolute Gasteiger partial charge is 0.314 e. The Kier molecular flexibility index (Phi) is 5.59. The molecule has 1 aliphatic heterocycles. The average molecular weight is 339 g/mol. The van der Waals surface area contributed by atoms with Gasteiger partial charge in [-0.2, -0.15) is 4.76 Å². The molecule has 0 aliphatic carbocycles. The number of thiol groups is 1. The van der Waals surface area contributed by atoms with Gasteiger partial charge in [0, 0.05) is 27.2 Å². The second-order valence-electron chi connectivity index (χ2n) is 6.45. The standard InChI is InChI=1S/C12H26N3O2PS2/c1-11(2,3)16-18(20,17-12(4,5)19)13-10-14(6)8-9-15(10)7/h19H,8-9H2,1-7H3/t18-/m1/s1. The van der Waals surface area contributed by atoms with Gasteiger partial charge in [-0.1, -0.05) is 0 Å². The third kappa shape index (κ3) is 5.90. The van der Waals surface area contributed by atoms with E-state index in [9.17, 15) is 0 Å². The summed E-state index contributed by atoms with van der Waals surface area (Å²) < 4.78 is 16.5. The zero-order valence-electron chi connectivity index (χ0n) is 13.4. The molecule has 0 aromatic carbocycles. The Morgan fingerprint density at radius 3 is 1.90 bits per heavy atom. The van der Waals surface area contributed by atoms with E-state index >= 15 is 0 Å². The third-order valence-electron chi connectivity index (χ3n) is 2.39. The van der Waals surface area contributed by atoms with E-state index in [1.54, 1.807) is 0 Å².